The van der Waals surface area contributed by atoms with E-state index in [4.69, 9.17) is 16.1 Å². The number of pyridine rings is 1. The van der Waals surface area contributed by atoms with Gasteiger partial charge in [0.2, 0.25) is 0 Å². The normalized spacial score (nSPS) is 25.2. The van der Waals surface area contributed by atoms with Crippen LogP contribution in [0.1, 0.15) is 44.1 Å². The molecule has 0 radical (unpaired) electrons. The van der Waals surface area contributed by atoms with Crippen LogP contribution in [0.5, 0.6) is 0 Å². The van der Waals surface area contributed by atoms with Crippen molar-refractivity contribution in [3.05, 3.63) is 30.1 Å². The van der Waals surface area contributed by atoms with Crippen LogP contribution in [-0.2, 0) is 4.74 Å². The summed E-state index contributed by atoms with van der Waals surface area (Å²) < 4.78 is 7.49. The van der Waals surface area contributed by atoms with Gasteiger partial charge in [0.15, 0.2) is 11.5 Å². The minimum Gasteiger partial charge on any atom is -0.377 e. The van der Waals surface area contributed by atoms with Crippen LogP contribution in [-0.4, -0.2) is 50.8 Å². The summed E-state index contributed by atoms with van der Waals surface area (Å²) in [4.78, 5) is 7.39. The highest BCUT2D eigenvalue weighted by atomic mass is 16.5. The van der Waals surface area contributed by atoms with Gasteiger partial charge in [-0.3, -0.25) is 5.10 Å². The Morgan fingerprint density at radius 3 is 2.86 bits per heavy atom. The van der Waals surface area contributed by atoms with Crippen molar-refractivity contribution < 1.29 is 4.74 Å². The first-order valence-corrected chi connectivity index (χ1v) is 10.4. The first kappa shape index (κ1) is 18.2. The summed E-state index contributed by atoms with van der Waals surface area (Å²) in [5, 5.41) is 12.8. The Morgan fingerprint density at radius 1 is 1.28 bits per heavy atom. The molecule has 1 atom stereocenters. The number of morpholine rings is 1. The molecule has 5 rings (SSSR count). The van der Waals surface area contributed by atoms with E-state index in [9.17, 15) is 0 Å². The van der Waals surface area contributed by atoms with Gasteiger partial charge >= 0.3 is 0 Å². The number of hydrogen-bond acceptors (Lipinski definition) is 5. The number of nitrogens with one attached hydrogen (secondary N) is 1. The summed E-state index contributed by atoms with van der Waals surface area (Å²) in [5.74, 6) is 5.66. The van der Waals surface area contributed by atoms with Gasteiger partial charge in [-0.1, -0.05) is 0 Å². The van der Waals surface area contributed by atoms with E-state index < -0.39 is 0 Å². The number of fused-ring (bicyclic) bond motifs is 1. The minimum atomic E-state index is 0.294. The second kappa shape index (κ2) is 7.53. The smallest absolute Gasteiger partial charge is 0.167 e. The Labute approximate surface area is 170 Å². The molecule has 3 aromatic heterocycles. The van der Waals surface area contributed by atoms with E-state index in [-0.39, 0.29) is 0 Å². The average Bonchev–Trinajstić information content (AvgIpc) is 3.43. The molecule has 1 saturated carbocycles. The molecule has 29 heavy (non-hydrogen) atoms. The van der Waals surface area contributed by atoms with E-state index in [0.717, 1.165) is 68.1 Å². The number of nitrogens with zero attached hydrogens (tertiary/aromatic N) is 5. The number of anilines is 1. The molecule has 0 aromatic carbocycles. The maximum Gasteiger partial charge on any atom is 0.167 e. The van der Waals surface area contributed by atoms with Crippen LogP contribution >= 0.6 is 0 Å². The predicted molar refractivity (Wildman–Crippen MR) is 112 cm³/mol. The highest BCUT2D eigenvalue weighted by Crippen LogP contribution is 2.40. The summed E-state index contributed by atoms with van der Waals surface area (Å²) in [5.41, 5.74) is 2.21. The Morgan fingerprint density at radius 2 is 2.14 bits per heavy atom. The van der Waals surface area contributed by atoms with Crippen LogP contribution in [0.3, 0.4) is 0 Å². The Hall–Kier alpha value is -2.85. The molecule has 0 bridgehead atoms. The van der Waals surface area contributed by atoms with Gasteiger partial charge in [-0.15, -0.1) is 12.3 Å². The standard InChI is InChI=1S/C22H26N6O/c1-3-16-4-6-17(7-5-16)18-12-21(27-10-11-29-14-15(27)2)25-22-19(18)13-24-28(22)20-8-9-23-26-20/h1,8-9,12-13,15-17H,4-7,10-11,14H2,2H3,(H,23,26). The molecular weight excluding hydrogens is 364 g/mol. The summed E-state index contributed by atoms with van der Waals surface area (Å²) >= 11 is 0. The average molecular weight is 390 g/mol. The molecule has 2 fully saturated rings. The molecule has 1 unspecified atom stereocenters. The van der Waals surface area contributed by atoms with Gasteiger partial charge in [-0.2, -0.15) is 14.9 Å². The van der Waals surface area contributed by atoms with Gasteiger partial charge in [0.1, 0.15) is 5.82 Å². The fourth-order valence-electron chi connectivity index (χ4n) is 4.68. The van der Waals surface area contributed by atoms with Gasteiger partial charge in [0.05, 0.1) is 31.6 Å². The van der Waals surface area contributed by atoms with E-state index in [0.29, 0.717) is 17.9 Å². The maximum atomic E-state index is 5.67. The number of H-pyrrole nitrogens is 1. The zero-order valence-corrected chi connectivity index (χ0v) is 16.7. The van der Waals surface area contributed by atoms with Crippen molar-refractivity contribution in [2.24, 2.45) is 5.92 Å². The third-order valence-electron chi connectivity index (χ3n) is 6.34. The van der Waals surface area contributed by atoms with Crippen LogP contribution in [0, 0.1) is 18.3 Å². The van der Waals surface area contributed by atoms with Gasteiger partial charge in [-0.05, 0) is 50.2 Å². The van der Waals surface area contributed by atoms with Crippen LogP contribution in [0.25, 0.3) is 16.9 Å². The number of ether oxygens (including phenoxy) is 1. The number of aromatic amines is 1. The molecule has 3 aromatic rings. The quantitative estimate of drug-likeness (QED) is 0.695. The van der Waals surface area contributed by atoms with Gasteiger partial charge in [0.25, 0.3) is 0 Å². The van der Waals surface area contributed by atoms with Crippen molar-refractivity contribution in [2.45, 2.75) is 44.6 Å². The number of aromatic nitrogens is 5. The molecule has 1 saturated heterocycles. The molecule has 1 aliphatic heterocycles. The lowest BCUT2D eigenvalue weighted by Crippen LogP contribution is -2.44. The van der Waals surface area contributed by atoms with Crippen LogP contribution in [0.4, 0.5) is 5.82 Å². The topological polar surface area (TPSA) is 71.9 Å². The van der Waals surface area contributed by atoms with E-state index in [2.05, 4.69) is 39.1 Å². The van der Waals surface area contributed by atoms with E-state index >= 15 is 0 Å². The highest BCUT2D eigenvalue weighted by Gasteiger charge is 2.27. The highest BCUT2D eigenvalue weighted by molar-refractivity contribution is 5.83. The number of rotatable bonds is 3. The van der Waals surface area contributed by atoms with Crippen molar-refractivity contribution in [1.82, 2.24) is 25.0 Å². The Bertz CT molecular complexity index is 1030. The third-order valence-corrected chi connectivity index (χ3v) is 6.34. The molecule has 7 heteroatoms. The molecule has 7 nitrogen and oxygen atoms in total. The van der Waals surface area contributed by atoms with Gasteiger partial charge < -0.3 is 9.64 Å². The third kappa shape index (κ3) is 3.28. The zero-order chi connectivity index (χ0) is 19.8. The van der Waals surface area contributed by atoms with E-state index in [1.54, 1.807) is 6.20 Å². The van der Waals surface area contributed by atoms with E-state index in [1.165, 1.54) is 5.56 Å². The first-order valence-electron chi connectivity index (χ1n) is 10.4. The first-order chi connectivity index (χ1) is 14.2. The van der Waals surface area contributed by atoms with Gasteiger partial charge in [0, 0.05) is 23.9 Å². The van der Waals surface area contributed by atoms with Crippen molar-refractivity contribution in [3.8, 4) is 18.2 Å². The molecule has 150 valence electrons. The monoisotopic (exact) mass is 390 g/mol. The SMILES string of the molecule is C#CC1CCC(c2cc(N3CCOCC3C)nc3c2cnn3-c2ccn[nH]2)CC1. The van der Waals surface area contributed by atoms with Crippen LogP contribution in [0.15, 0.2) is 24.5 Å². The molecule has 1 aliphatic carbocycles. The largest absolute Gasteiger partial charge is 0.377 e. The number of terminal acetylenes is 1. The van der Waals surface area contributed by atoms with Crippen LogP contribution in [0.2, 0.25) is 0 Å². The summed E-state index contributed by atoms with van der Waals surface area (Å²) in [6.45, 7) is 4.49. The Kier molecular flexibility index (Phi) is 4.72. The molecule has 2 aliphatic rings. The lowest BCUT2D eigenvalue weighted by atomic mass is 9.78. The number of hydrogen-bond donors (Lipinski definition) is 1. The van der Waals surface area contributed by atoms with Crippen molar-refractivity contribution in [3.63, 3.8) is 0 Å². The maximum absolute atomic E-state index is 5.67. The zero-order valence-electron chi connectivity index (χ0n) is 16.7. The Balaban J connectivity index is 1.62. The van der Waals surface area contributed by atoms with Crippen molar-refractivity contribution >= 4 is 16.9 Å². The second-order valence-electron chi connectivity index (χ2n) is 8.14. The lowest BCUT2D eigenvalue weighted by Gasteiger charge is -2.35. The minimum absolute atomic E-state index is 0.294. The van der Waals surface area contributed by atoms with E-state index in [1.807, 2.05) is 16.9 Å². The second-order valence-corrected chi connectivity index (χ2v) is 8.14. The fourth-order valence-corrected chi connectivity index (χ4v) is 4.68. The molecule has 0 spiro atoms. The molecule has 1 N–H and O–H groups in total. The predicted octanol–water partition coefficient (Wildman–Crippen LogP) is 3.28. The van der Waals surface area contributed by atoms with Crippen LogP contribution < -0.4 is 4.90 Å². The van der Waals surface area contributed by atoms with Crippen molar-refractivity contribution in [2.75, 3.05) is 24.7 Å². The lowest BCUT2D eigenvalue weighted by molar-refractivity contribution is 0.0985. The fraction of sp³-hybridized carbons (Fsp3) is 0.500. The summed E-state index contributed by atoms with van der Waals surface area (Å²) in [6, 6.07) is 4.49. The summed E-state index contributed by atoms with van der Waals surface area (Å²) in [6.07, 6.45) is 13.7. The van der Waals surface area contributed by atoms with Crippen molar-refractivity contribution in [1.29, 1.82) is 0 Å². The summed E-state index contributed by atoms with van der Waals surface area (Å²) in [7, 11) is 0. The van der Waals surface area contributed by atoms with Gasteiger partial charge in [-0.25, -0.2) is 4.98 Å². The molecule has 0 amide bonds. The molecular formula is C22H26N6O. The molecule has 4 heterocycles.